The molecular weight excluding hydrogens is 352 g/mol. The maximum absolute atomic E-state index is 12.3. The molecule has 0 bridgehead atoms. The number of aromatic amines is 1. The predicted molar refractivity (Wildman–Crippen MR) is 97.7 cm³/mol. The SMILES string of the molecule is CC(NC(=O)c1cnc(SCc2ccccc2)[nH]c1=O)c1ncnn1C. The standard InChI is InChI=1S/C17H18N6O2S/c1-11(14-19-10-20-23(14)2)21-15(24)13-8-18-17(22-16(13)25)26-9-12-6-4-3-5-7-12/h3-8,10-11H,9H2,1-2H3,(H,21,24)(H,18,22,25). The van der Waals surface area contributed by atoms with E-state index in [4.69, 9.17) is 0 Å². The topological polar surface area (TPSA) is 106 Å². The highest BCUT2D eigenvalue weighted by atomic mass is 32.2. The summed E-state index contributed by atoms with van der Waals surface area (Å²) in [5.41, 5.74) is 0.612. The van der Waals surface area contributed by atoms with Crippen LogP contribution in [-0.2, 0) is 12.8 Å². The molecule has 26 heavy (non-hydrogen) atoms. The molecule has 0 radical (unpaired) electrons. The Hall–Kier alpha value is -2.94. The summed E-state index contributed by atoms with van der Waals surface area (Å²) in [5, 5.41) is 7.16. The number of H-pyrrole nitrogens is 1. The summed E-state index contributed by atoms with van der Waals surface area (Å²) < 4.78 is 1.57. The number of aromatic nitrogens is 5. The van der Waals surface area contributed by atoms with Gasteiger partial charge in [-0.25, -0.2) is 9.97 Å². The zero-order valence-electron chi connectivity index (χ0n) is 14.3. The van der Waals surface area contributed by atoms with E-state index in [1.807, 2.05) is 30.3 Å². The van der Waals surface area contributed by atoms with E-state index < -0.39 is 11.5 Å². The van der Waals surface area contributed by atoms with Crippen molar-refractivity contribution in [2.45, 2.75) is 23.9 Å². The van der Waals surface area contributed by atoms with Crippen LogP contribution in [0.1, 0.15) is 34.7 Å². The monoisotopic (exact) mass is 370 g/mol. The first-order valence-electron chi connectivity index (χ1n) is 7.95. The van der Waals surface area contributed by atoms with E-state index >= 15 is 0 Å². The number of carbonyl (C=O) groups excluding carboxylic acids is 1. The number of hydrogen-bond donors (Lipinski definition) is 2. The Balaban J connectivity index is 1.66. The van der Waals surface area contributed by atoms with Gasteiger partial charge in [0.2, 0.25) is 0 Å². The molecule has 2 N–H and O–H groups in total. The fourth-order valence-electron chi connectivity index (χ4n) is 2.38. The molecular formula is C17H18N6O2S. The second-order valence-electron chi connectivity index (χ2n) is 5.64. The molecule has 3 rings (SSSR count). The zero-order chi connectivity index (χ0) is 18.5. The van der Waals surface area contributed by atoms with Gasteiger partial charge >= 0.3 is 0 Å². The van der Waals surface area contributed by atoms with Gasteiger partial charge in [-0.2, -0.15) is 5.10 Å². The van der Waals surface area contributed by atoms with Crippen molar-refractivity contribution >= 4 is 17.7 Å². The van der Waals surface area contributed by atoms with Crippen LogP contribution < -0.4 is 10.9 Å². The molecule has 0 aliphatic carbocycles. The molecule has 134 valence electrons. The molecule has 3 aromatic rings. The quantitative estimate of drug-likeness (QED) is 0.505. The third-order valence-electron chi connectivity index (χ3n) is 3.72. The first-order valence-corrected chi connectivity index (χ1v) is 8.94. The third-order valence-corrected chi connectivity index (χ3v) is 4.68. The van der Waals surface area contributed by atoms with Gasteiger partial charge in [0.05, 0.1) is 6.04 Å². The average molecular weight is 370 g/mol. The molecule has 1 unspecified atom stereocenters. The smallest absolute Gasteiger partial charge is 0.264 e. The van der Waals surface area contributed by atoms with Crippen LogP contribution in [0.5, 0.6) is 0 Å². The molecule has 2 heterocycles. The van der Waals surface area contributed by atoms with Gasteiger partial charge in [-0.05, 0) is 12.5 Å². The number of carbonyl (C=O) groups is 1. The Kier molecular flexibility index (Phi) is 5.47. The van der Waals surface area contributed by atoms with Gasteiger partial charge in [-0.15, -0.1) is 0 Å². The molecule has 2 aromatic heterocycles. The van der Waals surface area contributed by atoms with Crippen LogP contribution in [0.25, 0.3) is 0 Å². The second kappa shape index (κ2) is 7.96. The van der Waals surface area contributed by atoms with Crippen LogP contribution in [0, 0.1) is 0 Å². The molecule has 0 saturated heterocycles. The van der Waals surface area contributed by atoms with Gasteiger partial charge in [0.1, 0.15) is 17.7 Å². The minimum atomic E-state index is -0.506. The fourth-order valence-corrected chi connectivity index (χ4v) is 3.16. The number of hydrogen-bond acceptors (Lipinski definition) is 6. The molecule has 0 fully saturated rings. The van der Waals surface area contributed by atoms with E-state index in [0.717, 1.165) is 5.56 Å². The number of nitrogens with zero attached hydrogens (tertiary/aromatic N) is 4. The van der Waals surface area contributed by atoms with Crippen LogP contribution in [0.2, 0.25) is 0 Å². The lowest BCUT2D eigenvalue weighted by atomic mass is 10.2. The summed E-state index contributed by atoms with van der Waals surface area (Å²) in [7, 11) is 1.73. The van der Waals surface area contributed by atoms with E-state index in [0.29, 0.717) is 16.7 Å². The van der Waals surface area contributed by atoms with Gasteiger partial charge in [0.15, 0.2) is 5.16 Å². The largest absolute Gasteiger partial charge is 0.342 e. The maximum atomic E-state index is 12.3. The van der Waals surface area contributed by atoms with Crippen molar-refractivity contribution in [3.05, 3.63) is 70.2 Å². The Bertz CT molecular complexity index is 953. The lowest BCUT2D eigenvalue weighted by molar-refractivity contribution is 0.0935. The molecule has 0 aliphatic heterocycles. The van der Waals surface area contributed by atoms with E-state index in [1.54, 1.807) is 18.7 Å². The van der Waals surface area contributed by atoms with Crippen molar-refractivity contribution in [2.75, 3.05) is 0 Å². The van der Waals surface area contributed by atoms with Crippen LogP contribution in [0.3, 0.4) is 0 Å². The lowest BCUT2D eigenvalue weighted by Crippen LogP contribution is -2.33. The first kappa shape index (κ1) is 17.9. The van der Waals surface area contributed by atoms with Crippen molar-refractivity contribution < 1.29 is 4.79 Å². The van der Waals surface area contributed by atoms with Crippen LogP contribution in [0.15, 0.2) is 52.8 Å². The summed E-state index contributed by atoms with van der Waals surface area (Å²) in [6, 6.07) is 9.47. The molecule has 9 heteroatoms. The molecule has 0 aliphatic rings. The summed E-state index contributed by atoms with van der Waals surface area (Å²) in [6.07, 6.45) is 2.70. The van der Waals surface area contributed by atoms with E-state index in [-0.39, 0.29) is 11.6 Å². The molecule has 0 spiro atoms. The van der Waals surface area contributed by atoms with E-state index in [9.17, 15) is 9.59 Å². The molecule has 1 amide bonds. The number of rotatable bonds is 6. The highest BCUT2D eigenvalue weighted by Crippen LogP contribution is 2.17. The summed E-state index contributed by atoms with van der Waals surface area (Å²) >= 11 is 1.40. The predicted octanol–water partition coefficient (Wildman–Crippen LogP) is 1.68. The van der Waals surface area contributed by atoms with Crippen molar-refractivity contribution in [1.82, 2.24) is 30.0 Å². The first-order chi connectivity index (χ1) is 12.5. The molecule has 1 atom stereocenters. The summed E-state index contributed by atoms with van der Waals surface area (Å²) in [5.74, 6) is 0.769. The average Bonchev–Trinajstić information content (AvgIpc) is 3.07. The van der Waals surface area contributed by atoms with Gasteiger partial charge in [-0.3, -0.25) is 14.3 Å². The summed E-state index contributed by atoms with van der Waals surface area (Å²) in [6.45, 7) is 1.77. The number of thioether (sulfide) groups is 1. The molecule has 0 saturated carbocycles. The highest BCUT2D eigenvalue weighted by Gasteiger charge is 2.18. The zero-order valence-corrected chi connectivity index (χ0v) is 15.2. The van der Waals surface area contributed by atoms with Gasteiger partial charge < -0.3 is 10.3 Å². The highest BCUT2D eigenvalue weighted by molar-refractivity contribution is 7.98. The van der Waals surface area contributed by atoms with Crippen molar-refractivity contribution in [3.8, 4) is 0 Å². The van der Waals surface area contributed by atoms with Gasteiger partial charge in [-0.1, -0.05) is 42.1 Å². The van der Waals surface area contributed by atoms with Gasteiger partial charge in [0.25, 0.3) is 11.5 Å². The number of nitrogens with one attached hydrogen (secondary N) is 2. The van der Waals surface area contributed by atoms with Crippen molar-refractivity contribution in [1.29, 1.82) is 0 Å². The number of benzene rings is 1. The lowest BCUT2D eigenvalue weighted by Gasteiger charge is -2.12. The van der Waals surface area contributed by atoms with E-state index in [1.165, 1.54) is 24.3 Å². The minimum Gasteiger partial charge on any atom is -0.342 e. The maximum Gasteiger partial charge on any atom is 0.264 e. The van der Waals surface area contributed by atoms with E-state index in [2.05, 4.69) is 25.4 Å². The Morgan fingerprint density at radius 2 is 2.08 bits per heavy atom. The third kappa shape index (κ3) is 4.17. The van der Waals surface area contributed by atoms with Crippen LogP contribution in [-0.4, -0.2) is 30.6 Å². The number of aryl methyl sites for hydroxylation is 1. The Morgan fingerprint density at radius 1 is 1.31 bits per heavy atom. The van der Waals surface area contributed by atoms with Gasteiger partial charge in [0, 0.05) is 19.0 Å². The van der Waals surface area contributed by atoms with Crippen LogP contribution in [0.4, 0.5) is 0 Å². The normalized spacial score (nSPS) is 11.9. The number of amides is 1. The second-order valence-corrected chi connectivity index (χ2v) is 6.61. The molecule has 8 nitrogen and oxygen atoms in total. The van der Waals surface area contributed by atoms with Crippen molar-refractivity contribution in [3.63, 3.8) is 0 Å². The Labute approximate surface area is 154 Å². The fraction of sp³-hybridized carbons (Fsp3) is 0.235. The minimum absolute atomic E-state index is 0.0388. The van der Waals surface area contributed by atoms with Crippen molar-refractivity contribution in [2.24, 2.45) is 7.05 Å². The summed E-state index contributed by atoms with van der Waals surface area (Å²) in [4.78, 5) is 35.5. The van der Waals surface area contributed by atoms with Crippen LogP contribution >= 0.6 is 11.8 Å². The molecule has 1 aromatic carbocycles. The Morgan fingerprint density at radius 3 is 2.73 bits per heavy atom.